The molecule has 2 nitrogen and oxygen atoms in total. The van der Waals surface area contributed by atoms with Crippen molar-refractivity contribution in [2.24, 2.45) is 5.73 Å². The largest absolute Gasteiger partial charge is 0.384 e. The van der Waals surface area contributed by atoms with Crippen LogP contribution in [0.3, 0.4) is 0 Å². The van der Waals surface area contributed by atoms with Crippen LogP contribution < -0.4 is 5.73 Å². The summed E-state index contributed by atoms with van der Waals surface area (Å²) in [5.41, 5.74) is 4.58. The molecule has 5 heteroatoms. The molecule has 1 aromatic rings. The minimum absolute atomic E-state index is 0.0681. The summed E-state index contributed by atoms with van der Waals surface area (Å²) >= 11 is 5.47. The Balaban J connectivity index is 3.43. The van der Waals surface area contributed by atoms with Gasteiger partial charge in [0.2, 0.25) is 0 Å². The molecule has 0 fully saturated rings. The molecular weight excluding hydrogens is 186 g/mol. The third-order valence-corrected chi connectivity index (χ3v) is 1.63. The van der Waals surface area contributed by atoms with E-state index in [1.165, 1.54) is 0 Å². The maximum atomic E-state index is 12.8. The normalized spacial score (nSPS) is 9.92. The third kappa shape index (κ3) is 1.38. The predicted octanol–water partition coefficient (Wildman–Crippen LogP) is 1.90. The first-order chi connectivity index (χ1) is 5.54. The molecule has 3 N–H and O–H groups in total. The van der Waals surface area contributed by atoms with Crippen LogP contribution in [-0.2, 0) is 0 Å². The molecule has 0 amide bonds. The summed E-state index contributed by atoms with van der Waals surface area (Å²) in [6, 6.07) is 2.03. The van der Waals surface area contributed by atoms with Crippen molar-refractivity contribution in [2.75, 3.05) is 0 Å². The number of nitrogens with two attached hydrogens (primary N) is 1. The van der Waals surface area contributed by atoms with Gasteiger partial charge in [-0.15, -0.1) is 0 Å². The fourth-order valence-electron chi connectivity index (χ4n) is 0.774. The van der Waals surface area contributed by atoms with Gasteiger partial charge in [0.1, 0.15) is 5.84 Å². The minimum atomic E-state index is -1.19. The number of benzene rings is 1. The lowest BCUT2D eigenvalue weighted by Crippen LogP contribution is -2.14. The van der Waals surface area contributed by atoms with Crippen LogP contribution in [0.5, 0.6) is 0 Å². The second-order valence-electron chi connectivity index (χ2n) is 2.13. The Labute approximate surface area is 72.5 Å². The molecule has 12 heavy (non-hydrogen) atoms. The molecule has 0 unspecified atom stereocenters. The van der Waals surface area contributed by atoms with E-state index in [9.17, 15) is 8.78 Å². The molecule has 64 valence electrons. The molecule has 0 aliphatic carbocycles. The molecule has 0 bridgehead atoms. The van der Waals surface area contributed by atoms with E-state index in [2.05, 4.69) is 0 Å². The van der Waals surface area contributed by atoms with Gasteiger partial charge in [-0.05, 0) is 12.1 Å². The fraction of sp³-hybridized carbons (Fsp3) is 0. The van der Waals surface area contributed by atoms with E-state index in [-0.39, 0.29) is 5.02 Å². The van der Waals surface area contributed by atoms with Gasteiger partial charge in [0.05, 0.1) is 10.6 Å². The molecular formula is C7H5ClF2N2. The van der Waals surface area contributed by atoms with E-state index >= 15 is 0 Å². The van der Waals surface area contributed by atoms with Crippen molar-refractivity contribution in [3.63, 3.8) is 0 Å². The van der Waals surface area contributed by atoms with Crippen molar-refractivity contribution >= 4 is 17.4 Å². The maximum Gasteiger partial charge on any atom is 0.171 e. The molecule has 0 aliphatic rings. The molecule has 0 saturated carbocycles. The van der Waals surface area contributed by atoms with Gasteiger partial charge >= 0.3 is 0 Å². The number of rotatable bonds is 1. The first-order valence-electron chi connectivity index (χ1n) is 3.02. The molecule has 0 radical (unpaired) electrons. The molecule has 1 aromatic carbocycles. The van der Waals surface area contributed by atoms with Crippen molar-refractivity contribution < 1.29 is 8.78 Å². The SMILES string of the molecule is N=C(N)c1c(Cl)ccc(F)c1F. The molecule has 0 heterocycles. The highest BCUT2D eigenvalue weighted by atomic mass is 35.5. The van der Waals surface area contributed by atoms with Crippen LogP contribution in [0.4, 0.5) is 8.78 Å². The summed E-state index contributed by atoms with van der Waals surface area (Å²) in [6.45, 7) is 0. The van der Waals surface area contributed by atoms with Crippen LogP contribution in [0.15, 0.2) is 12.1 Å². The second-order valence-corrected chi connectivity index (χ2v) is 2.54. The van der Waals surface area contributed by atoms with Gasteiger partial charge in [0.15, 0.2) is 11.6 Å². The van der Waals surface area contributed by atoms with E-state index in [1.807, 2.05) is 0 Å². The summed E-state index contributed by atoms with van der Waals surface area (Å²) in [7, 11) is 0. The Hall–Kier alpha value is -1.16. The predicted molar refractivity (Wildman–Crippen MR) is 42.4 cm³/mol. The Morgan fingerprint density at radius 2 is 2.00 bits per heavy atom. The van der Waals surface area contributed by atoms with E-state index < -0.39 is 23.0 Å². The molecule has 0 aliphatic heterocycles. The van der Waals surface area contributed by atoms with E-state index in [0.29, 0.717) is 0 Å². The highest BCUT2D eigenvalue weighted by Crippen LogP contribution is 2.20. The van der Waals surface area contributed by atoms with Crippen molar-refractivity contribution in [2.45, 2.75) is 0 Å². The molecule has 0 atom stereocenters. The molecule has 0 saturated heterocycles. The van der Waals surface area contributed by atoms with E-state index in [4.69, 9.17) is 22.7 Å². The number of hydrogen-bond donors (Lipinski definition) is 2. The van der Waals surface area contributed by atoms with Gasteiger partial charge in [-0.25, -0.2) is 8.78 Å². The summed E-state index contributed by atoms with van der Waals surface area (Å²) in [5, 5.41) is 6.83. The van der Waals surface area contributed by atoms with E-state index in [0.717, 1.165) is 12.1 Å². The quantitative estimate of drug-likeness (QED) is 0.397. The Morgan fingerprint density at radius 1 is 1.42 bits per heavy atom. The zero-order valence-corrected chi connectivity index (χ0v) is 6.62. The molecule has 1 rings (SSSR count). The average Bonchev–Trinajstić information content (AvgIpc) is 1.97. The van der Waals surface area contributed by atoms with Crippen molar-refractivity contribution in [1.82, 2.24) is 0 Å². The minimum Gasteiger partial charge on any atom is -0.384 e. The standard InChI is InChI=1S/C7H5ClF2N2/c8-3-1-2-4(9)6(10)5(3)7(11)12/h1-2H,(H3,11,12). The van der Waals surface area contributed by atoms with Crippen LogP contribution in [0, 0.1) is 17.0 Å². The molecule has 0 spiro atoms. The van der Waals surface area contributed by atoms with Crippen LogP contribution >= 0.6 is 11.6 Å². The summed E-state index contributed by atoms with van der Waals surface area (Å²) < 4.78 is 25.4. The summed E-state index contributed by atoms with van der Waals surface area (Å²) in [6.07, 6.45) is 0. The summed E-state index contributed by atoms with van der Waals surface area (Å²) in [5.74, 6) is -2.84. The zero-order valence-electron chi connectivity index (χ0n) is 5.87. The van der Waals surface area contributed by atoms with Gasteiger partial charge in [-0.3, -0.25) is 5.41 Å². The highest BCUT2D eigenvalue weighted by molar-refractivity contribution is 6.33. The van der Waals surface area contributed by atoms with Crippen LogP contribution in [0.25, 0.3) is 0 Å². The smallest absolute Gasteiger partial charge is 0.171 e. The fourth-order valence-corrected chi connectivity index (χ4v) is 1.02. The first kappa shape index (κ1) is 8.93. The number of nitrogens with one attached hydrogen (secondary N) is 1. The second kappa shape index (κ2) is 3.06. The van der Waals surface area contributed by atoms with E-state index in [1.54, 1.807) is 0 Å². The molecule has 0 aromatic heterocycles. The zero-order chi connectivity index (χ0) is 9.30. The number of halogens is 3. The van der Waals surface area contributed by atoms with Gasteiger partial charge in [0, 0.05) is 0 Å². The van der Waals surface area contributed by atoms with Crippen LogP contribution in [0.1, 0.15) is 5.56 Å². The lowest BCUT2D eigenvalue weighted by atomic mass is 10.2. The topological polar surface area (TPSA) is 49.9 Å². The van der Waals surface area contributed by atoms with Crippen molar-refractivity contribution in [3.05, 3.63) is 34.4 Å². The van der Waals surface area contributed by atoms with Crippen LogP contribution in [0.2, 0.25) is 5.02 Å². The Morgan fingerprint density at radius 3 is 2.42 bits per heavy atom. The lowest BCUT2D eigenvalue weighted by Gasteiger charge is -2.03. The average molecular weight is 191 g/mol. The van der Waals surface area contributed by atoms with Gasteiger partial charge < -0.3 is 5.73 Å². The van der Waals surface area contributed by atoms with Crippen LogP contribution in [-0.4, -0.2) is 5.84 Å². The number of amidine groups is 1. The Kier molecular flexibility index (Phi) is 2.28. The summed E-state index contributed by atoms with van der Waals surface area (Å²) in [4.78, 5) is 0. The van der Waals surface area contributed by atoms with Gasteiger partial charge in [0.25, 0.3) is 0 Å². The number of hydrogen-bond acceptors (Lipinski definition) is 1. The van der Waals surface area contributed by atoms with Crippen molar-refractivity contribution in [3.8, 4) is 0 Å². The monoisotopic (exact) mass is 190 g/mol. The van der Waals surface area contributed by atoms with Gasteiger partial charge in [-0.1, -0.05) is 11.6 Å². The lowest BCUT2D eigenvalue weighted by molar-refractivity contribution is 0.507. The Bertz CT molecular complexity index is 338. The highest BCUT2D eigenvalue weighted by Gasteiger charge is 2.14. The van der Waals surface area contributed by atoms with Gasteiger partial charge in [-0.2, -0.15) is 0 Å². The third-order valence-electron chi connectivity index (χ3n) is 1.31. The van der Waals surface area contributed by atoms with Crippen molar-refractivity contribution in [1.29, 1.82) is 5.41 Å². The number of nitrogen functional groups attached to an aromatic ring is 1. The maximum absolute atomic E-state index is 12.8. The first-order valence-corrected chi connectivity index (χ1v) is 3.39.